The number of hydrogen-bond acceptors (Lipinski definition) is 2. The fourth-order valence-corrected chi connectivity index (χ4v) is 2.04. The lowest BCUT2D eigenvalue weighted by molar-refractivity contribution is 0.278. The quantitative estimate of drug-likeness (QED) is 0.820. The number of nitrogens with two attached hydrogens (primary N) is 1. The molecule has 0 saturated heterocycles. The Morgan fingerprint density at radius 3 is 2.24 bits per heavy atom. The highest BCUT2D eigenvalue weighted by Gasteiger charge is 2.26. The monoisotopic (exact) mass is 235 g/mol. The van der Waals surface area contributed by atoms with E-state index < -0.39 is 0 Å². The molecule has 2 heteroatoms. The standard InChI is InChI=1S/C15H25NO/c1-5-15(16,12(2)3)11-10-13-6-8-14(17-4)9-7-13/h6-9,12H,5,10-11,16H2,1-4H3. The third kappa shape index (κ3) is 3.74. The zero-order valence-corrected chi connectivity index (χ0v) is 11.5. The van der Waals surface area contributed by atoms with Gasteiger partial charge in [-0.15, -0.1) is 0 Å². The number of ether oxygens (including phenoxy) is 1. The van der Waals surface area contributed by atoms with E-state index in [0.717, 1.165) is 25.0 Å². The third-order valence-corrected chi connectivity index (χ3v) is 3.85. The molecule has 0 heterocycles. The molecule has 0 radical (unpaired) electrons. The van der Waals surface area contributed by atoms with Gasteiger partial charge in [0.25, 0.3) is 0 Å². The first-order chi connectivity index (χ1) is 8.01. The highest BCUT2D eigenvalue weighted by atomic mass is 16.5. The molecule has 96 valence electrons. The van der Waals surface area contributed by atoms with Crippen LogP contribution in [0, 0.1) is 5.92 Å². The van der Waals surface area contributed by atoms with E-state index in [4.69, 9.17) is 10.5 Å². The number of aryl methyl sites for hydroxylation is 1. The van der Waals surface area contributed by atoms with Crippen molar-refractivity contribution in [1.29, 1.82) is 0 Å². The molecule has 2 nitrogen and oxygen atoms in total. The van der Waals surface area contributed by atoms with Gasteiger partial charge in [0, 0.05) is 5.54 Å². The predicted molar refractivity (Wildman–Crippen MR) is 73.4 cm³/mol. The van der Waals surface area contributed by atoms with Gasteiger partial charge >= 0.3 is 0 Å². The molecule has 0 aromatic heterocycles. The Hall–Kier alpha value is -1.02. The molecule has 0 bridgehead atoms. The molecule has 0 amide bonds. The molecule has 0 aliphatic rings. The highest BCUT2D eigenvalue weighted by Crippen LogP contribution is 2.24. The molecule has 0 aliphatic heterocycles. The number of benzene rings is 1. The predicted octanol–water partition coefficient (Wildman–Crippen LogP) is 3.39. The van der Waals surface area contributed by atoms with E-state index in [2.05, 4.69) is 32.9 Å². The van der Waals surface area contributed by atoms with Gasteiger partial charge in [0.2, 0.25) is 0 Å². The molecule has 0 saturated carbocycles. The van der Waals surface area contributed by atoms with E-state index in [-0.39, 0.29) is 5.54 Å². The molecule has 0 spiro atoms. The van der Waals surface area contributed by atoms with Crippen molar-refractivity contribution in [3.05, 3.63) is 29.8 Å². The lowest BCUT2D eigenvalue weighted by Gasteiger charge is -2.32. The van der Waals surface area contributed by atoms with Crippen LogP contribution in [0.4, 0.5) is 0 Å². The number of rotatable bonds is 6. The summed E-state index contributed by atoms with van der Waals surface area (Å²) in [6.45, 7) is 6.59. The first-order valence-electron chi connectivity index (χ1n) is 6.43. The summed E-state index contributed by atoms with van der Waals surface area (Å²) in [7, 11) is 1.69. The summed E-state index contributed by atoms with van der Waals surface area (Å²) >= 11 is 0. The summed E-state index contributed by atoms with van der Waals surface area (Å²) in [5.41, 5.74) is 7.71. The van der Waals surface area contributed by atoms with Crippen LogP contribution in [0.2, 0.25) is 0 Å². The maximum atomic E-state index is 6.42. The second kappa shape index (κ2) is 6.06. The molecule has 0 fully saturated rings. The van der Waals surface area contributed by atoms with Crippen LogP contribution in [0.25, 0.3) is 0 Å². The molecular formula is C15H25NO. The van der Waals surface area contributed by atoms with Crippen molar-refractivity contribution >= 4 is 0 Å². The number of hydrogen-bond donors (Lipinski definition) is 1. The Morgan fingerprint density at radius 1 is 1.24 bits per heavy atom. The van der Waals surface area contributed by atoms with E-state index in [0.29, 0.717) is 5.92 Å². The summed E-state index contributed by atoms with van der Waals surface area (Å²) in [6, 6.07) is 8.26. The van der Waals surface area contributed by atoms with Gasteiger partial charge in [0.15, 0.2) is 0 Å². The van der Waals surface area contributed by atoms with E-state index in [1.54, 1.807) is 7.11 Å². The minimum atomic E-state index is -0.0417. The van der Waals surface area contributed by atoms with Crippen molar-refractivity contribution in [1.82, 2.24) is 0 Å². The highest BCUT2D eigenvalue weighted by molar-refractivity contribution is 5.27. The van der Waals surface area contributed by atoms with Crippen molar-refractivity contribution in [3.8, 4) is 5.75 Å². The van der Waals surface area contributed by atoms with Gasteiger partial charge in [0.1, 0.15) is 5.75 Å². The second-order valence-corrected chi connectivity index (χ2v) is 5.09. The molecule has 1 atom stereocenters. The van der Waals surface area contributed by atoms with E-state index in [1.807, 2.05) is 12.1 Å². The second-order valence-electron chi connectivity index (χ2n) is 5.09. The van der Waals surface area contributed by atoms with Gasteiger partial charge in [0.05, 0.1) is 7.11 Å². The lowest BCUT2D eigenvalue weighted by Crippen LogP contribution is -2.44. The maximum absolute atomic E-state index is 6.42. The van der Waals surface area contributed by atoms with Crippen LogP contribution in [-0.4, -0.2) is 12.6 Å². The average molecular weight is 235 g/mol. The van der Waals surface area contributed by atoms with Crippen molar-refractivity contribution in [3.63, 3.8) is 0 Å². The van der Waals surface area contributed by atoms with Crippen LogP contribution < -0.4 is 10.5 Å². The van der Waals surface area contributed by atoms with Crippen LogP contribution in [0.15, 0.2) is 24.3 Å². The van der Waals surface area contributed by atoms with Crippen LogP contribution in [0.1, 0.15) is 39.2 Å². The number of methoxy groups -OCH3 is 1. The summed E-state index contributed by atoms with van der Waals surface area (Å²) in [5, 5.41) is 0. The average Bonchev–Trinajstić information content (AvgIpc) is 2.36. The summed E-state index contributed by atoms with van der Waals surface area (Å²) in [5.74, 6) is 1.43. The molecule has 1 rings (SSSR count). The van der Waals surface area contributed by atoms with Crippen molar-refractivity contribution in [2.75, 3.05) is 7.11 Å². The topological polar surface area (TPSA) is 35.2 Å². The molecule has 0 aliphatic carbocycles. The summed E-state index contributed by atoms with van der Waals surface area (Å²) < 4.78 is 5.15. The zero-order valence-electron chi connectivity index (χ0n) is 11.5. The van der Waals surface area contributed by atoms with Gasteiger partial charge in [-0.2, -0.15) is 0 Å². The van der Waals surface area contributed by atoms with Crippen molar-refractivity contribution in [2.45, 2.75) is 45.6 Å². The van der Waals surface area contributed by atoms with E-state index in [9.17, 15) is 0 Å². The van der Waals surface area contributed by atoms with Crippen molar-refractivity contribution < 1.29 is 4.74 Å². The first kappa shape index (κ1) is 14.0. The fraction of sp³-hybridized carbons (Fsp3) is 0.600. The van der Waals surface area contributed by atoms with Gasteiger partial charge < -0.3 is 10.5 Å². The van der Waals surface area contributed by atoms with E-state index in [1.165, 1.54) is 5.56 Å². The van der Waals surface area contributed by atoms with Crippen LogP contribution in [0.5, 0.6) is 5.75 Å². The molecular weight excluding hydrogens is 210 g/mol. The zero-order chi connectivity index (χ0) is 12.9. The van der Waals surface area contributed by atoms with Gasteiger partial charge in [-0.05, 0) is 42.9 Å². The van der Waals surface area contributed by atoms with E-state index >= 15 is 0 Å². The molecule has 17 heavy (non-hydrogen) atoms. The normalized spacial score (nSPS) is 14.7. The Morgan fingerprint density at radius 2 is 1.82 bits per heavy atom. The fourth-order valence-electron chi connectivity index (χ4n) is 2.04. The Bertz CT molecular complexity index is 331. The molecule has 1 aromatic carbocycles. The van der Waals surface area contributed by atoms with Crippen LogP contribution >= 0.6 is 0 Å². The van der Waals surface area contributed by atoms with Crippen LogP contribution in [-0.2, 0) is 6.42 Å². The van der Waals surface area contributed by atoms with Crippen LogP contribution in [0.3, 0.4) is 0 Å². The Kier molecular flexibility index (Phi) is 5.01. The molecule has 1 aromatic rings. The van der Waals surface area contributed by atoms with Crippen molar-refractivity contribution in [2.24, 2.45) is 11.7 Å². The minimum Gasteiger partial charge on any atom is -0.497 e. The molecule has 2 N–H and O–H groups in total. The van der Waals surface area contributed by atoms with Gasteiger partial charge in [-0.3, -0.25) is 0 Å². The molecule has 1 unspecified atom stereocenters. The van der Waals surface area contributed by atoms with Gasteiger partial charge in [-0.1, -0.05) is 32.9 Å². The summed E-state index contributed by atoms with van der Waals surface area (Å²) in [6.07, 6.45) is 3.10. The Labute approximate surface area is 105 Å². The largest absolute Gasteiger partial charge is 0.497 e. The summed E-state index contributed by atoms with van der Waals surface area (Å²) in [4.78, 5) is 0. The van der Waals surface area contributed by atoms with Gasteiger partial charge in [-0.25, -0.2) is 0 Å². The minimum absolute atomic E-state index is 0.0417. The maximum Gasteiger partial charge on any atom is 0.118 e. The first-order valence-corrected chi connectivity index (χ1v) is 6.43. The smallest absolute Gasteiger partial charge is 0.118 e. The Balaban J connectivity index is 2.59. The lowest BCUT2D eigenvalue weighted by atomic mass is 9.80. The SMILES string of the molecule is CCC(N)(CCc1ccc(OC)cc1)C(C)C. The third-order valence-electron chi connectivity index (χ3n) is 3.85.